The molecule has 2 aromatic heterocycles. The van der Waals surface area contributed by atoms with Gasteiger partial charge in [0.15, 0.2) is 5.82 Å². The summed E-state index contributed by atoms with van der Waals surface area (Å²) in [5.41, 5.74) is 0. The topological polar surface area (TPSA) is 102 Å². The van der Waals surface area contributed by atoms with Crippen LogP contribution in [0.15, 0.2) is 16.5 Å². The fourth-order valence-corrected chi connectivity index (χ4v) is 4.28. The smallest absolute Gasteiger partial charge is 0.209 e. The van der Waals surface area contributed by atoms with Gasteiger partial charge in [0.2, 0.25) is 10.0 Å². The Bertz CT molecular complexity index is 890. The lowest BCUT2D eigenvalue weighted by Crippen LogP contribution is -2.33. The lowest BCUT2D eigenvalue weighted by molar-refractivity contribution is 0.159. The van der Waals surface area contributed by atoms with Crippen LogP contribution in [0.25, 0.3) is 0 Å². The molecule has 0 saturated carbocycles. The first-order valence-corrected chi connectivity index (χ1v) is 11.3. The zero-order valence-corrected chi connectivity index (χ0v) is 17.7. The first-order chi connectivity index (χ1) is 13.3. The second kappa shape index (κ2) is 8.73. The van der Waals surface area contributed by atoms with E-state index in [4.69, 9.17) is 9.15 Å². The standard InChI is InChI=1S/C18H29N5O4S/c1-13(2)17(21-28(4,24)25)18-20-19-16-7-8-22(9-10-23(16)18)11-14-5-6-15(27-14)12-26-3/h5-6,13,17,21H,7-12H2,1-4H3/t17-/m1/s1. The molecule has 0 fully saturated rings. The molecule has 28 heavy (non-hydrogen) atoms. The number of methoxy groups -OCH3 is 1. The van der Waals surface area contributed by atoms with Crippen molar-refractivity contribution < 1.29 is 17.6 Å². The van der Waals surface area contributed by atoms with Crippen LogP contribution in [0.3, 0.4) is 0 Å². The zero-order valence-electron chi connectivity index (χ0n) is 16.9. The van der Waals surface area contributed by atoms with Crippen LogP contribution in [0, 0.1) is 5.92 Å². The number of fused-ring (bicyclic) bond motifs is 1. The summed E-state index contributed by atoms with van der Waals surface area (Å²) >= 11 is 0. The number of nitrogens with zero attached hydrogens (tertiary/aromatic N) is 4. The second-order valence-corrected chi connectivity index (χ2v) is 9.34. The van der Waals surface area contributed by atoms with Gasteiger partial charge in [0.1, 0.15) is 24.0 Å². The third-order valence-electron chi connectivity index (χ3n) is 4.82. The van der Waals surface area contributed by atoms with Crippen molar-refractivity contribution in [2.24, 2.45) is 5.92 Å². The molecule has 0 radical (unpaired) electrons. The molecule has 0 unspecified atom stereocenters. The van der Waals surface area contributed by atoms with E-state index in [1.807, 2.05) is 26.0 Å². The third-order valence-corrected chi connectivity index (χ3v) is 5.50. The van der Waals surface area contributed by atoms with Gasteiger partial charge in [-0.2, -0.15) is 0 Å². The van der Waals surface area contributed by atoms with Crippen molar-refractivity contribution in [2.45, 2.75) is 46.0 Å². The van der Waals surface area contributed by atoms with Crippen molar-refractivity contribution in [3.63, 3.8) is 0 Å². The Morgan fingerprint density at radius 1 is 1.21 bits per heavy atom. The maximum atomic E-state index is 11.8. The van der Waals surface area contributed by atoms with Crippen LogP contribution in [0.1, 0.15) is 43.1 Å². The van der Waals surface area contributed by atoms with E-state index < -0.39 is 16.1 Å². The minimum atomic E-state index is -3.35. The normalized spacial score (nSPS) is 16.9. The number of furan rings is 1. The minimum Gasteiger partial charge on any atom is -0.462 e. The number of sulfonamides is 1. The van der Waals surface area contributed by atoms with Crippen LogP contribution in [0.4, 0.5) is 0 Å². The number of rotatable bonds is 8. The van der Waals surface area contributed by atoms with Crippen molar-refractivity contribution in [1.82, 2.24) is 24.4 Å². The van der Waals surface area contributed by atoms with E-state index in [-0.39, 0.29) is 5.92 Å². The molecule has 1 aliphatic heterocycles. The van der Waals surface area contributed by atoms with E-state index in [2.05, 4.69) is 24.4 Å². The molecule has 1 N–H and O–H groups in total. The highest BCUT2D eigenvalue weighted by molar-refractivity contribution is 7.88. The van der Waals surface area contributed by atoms with Crippen LogP contribution in [-0.2, 0) is 40.9 Å². The van der Waals surface area contributed by atoms with E-state index in [0.29, 0.717) is 25.5 Å². The first kappa shape index (κ1) is 21.0. The molecule has 3 rings (SSSR count). The lowest BCUT2D eigenvalue weighted by atomic mass is 10.1. The summed E-state index contributed by atoms with van der Waals surface area (Å²) in [5.74, 6) is 3.35. The van der Waals surface area contributed by atoms with Crippen molar-refractivity contribution in [2.75, 3.05) is 26.5 Å². The van der Waals surface area contributed by atoms with Crippen LogP contribution in [0.5, 0.6) is 0 Å². The molecule has 0 amide bonds. The molecule has 0 bridgehead atoms. The first-order valence-electron chi connectivity index (χ1n) is 9.45. The molecular weight excluding hydrogens is 382 g/mol. The van der Waals surface area contributed by atoms with Crippen molar-refractivity contribution in [3.05, 3.63) is 35.3 Å². The molecule has 3 heterocycles. The molecule has 1 atom stereocenters. The Hall–Kier alpha value is -1.75. The Kier molecular flexibility index (Phi) is 6.54. The molecule has 1 aliphatic rings. The Balaban J connectivity index is 1.71. The summed E-state index contributed by atoms with van der Waals surface area (Å²) in [4.78, 5) is 2.31. The quantitative estimate of drug-likeness (QED) is 0.699. The maximum Gasteiger partial charge on any atom is 0.209 e. The predicted molar refractivity (Wildman–Crippen MR) is 104 cm³/mol. The van der Waals surface area contributed by atoms with Gasteiger partial charge in [-0.3, -0.25) is 4.90 Å². The van der Waals surface area contributed by atoms with E-state index in [1.54, 1.807) is 7.11 Å². The van der Waals surface area contributed by atoms with E-state index in [9.17, 15) is 8.42 Å². The summed E-state index contributed by atoms with van der Waals surface area (Å²) in [5, 5.41) is 8.64. The van der Waals surface area contributed by atoms with Crippen molar-refractivity contribution in [3.8, 4) is 0 Å². The fourth-order valence-electron chi connectivity index (χ4n) is 3.44. The average molecular weight is 412 g/mol. The monoisotopic (exact) mass is 411 g/mol. The number of ether oxygens (including phenoxy) is 1. The summed E-state index contributed by atoms with van der Waals surface area (Å²) in [6, 6.07) is 3.52. The Morgan fingerprint density at radius 3 is 2.64 bits per heavy atom. The molecule has 0 aliphatic carbocycles. The van der Waals surface area contributed by atoms with Crippen molar-refractivity contribution >= 4 is 10.0 Å². The second-order valence-electron chi connectivity index (χ2n) is 7.56. The summed E-state index contributed by atoms with van der Waals surface area (Å²) in [6.07, 6.45) is 1.92. The van der Waals surface area contributed by atoms with Gasteiger partial charge in [-0.15, -0.1) is 10.2 Å². The number of hydrogen-bond acceptors (Lipinski definition) is 7. The molecule has 0 saturated heterocycles. The predicted octanol–water partition coefficient (Wildman–Crippen LogP) is 1.32. The maximum absolute atomic E-state index is 11.8. The molecule has 0 aromatic carbocycles. The molecule has 0 spiro atoms. The summed E-state index contributed by atoms with van der Waals surface area (Å²) in [6.45, 7) is 7.48. The fraction of sp³-hybridized carbons (Fsp3) is 0.667. The number of nitrogens with one attached hydrogen (secondary N) is 1. The van der Waals surface area contributed by atoms with Gasteiger partial charge < -0.3 is 13.7 Å². The zero-order chi connectivity index (χ0) is 20.3. The van der Waals surface area contributed by atoms with Gasteiger partial charge in [0.25, 0.3) is 0 Å². The highest BCUT2D eigenvalue weighted by Gasteiger charge is 2.28. The van der Waals surface area contributed by atoms with E-state index in [1.165, 1.54) is 6.26 Å². The third kappa shape index (κ3) is 5.19. The van der Waals surface area contributed by atoms with Crippen molar-refractivity contribution in [1.29, 1.82) is 0 Å². The van der Waals surface area contributed by atoms with Crippen LogP contribution in [-0.4, -0.2) is 54.5 Å². The highest BCUT2D eigenvalue weighted by Crippen LogP contribution is 2.23. The Labute approximate surface area is 166 Å². The van der Waals surface area contributed by atoms with Gasteiger partial charge in [-0.1, -0.05) is 13.8 Å². The largest absolute Gasteiger partial charge is 0.462 e. The molecule has 2 aromatic rings. The lowest BCUT2D eigenvalue weighted by Gasteiger charge is -2.22. The SMILES string of the molecule is COCc1ccc(CN2CCc3nnc([C@H](NS(C)(=O)=O)C(C)C)n3CC2)o1. The van der Waals surface area contributed by atoms with Crippen LogP contribution in [0.2, 0.25) is 0 Å². The molecular formula is C18H29N5O4S. The van der Waals surface area contributed by atoms with Gasteiger partial charge in [0, 0.05) is 33.2 Å². The van der Waals surface area contributed by atoms with Crippen LogP contribution < -0.4 is 4.72 Å². The van der Waals surface area contributed by atoms with Gasteiger partial charge in [-0.25, -0.2) is 13.1 Å². The molecule has 9 nitrogen and oxygen atoms in total. The number of aromatic nitrogens is 3. The molecule has 10 heteroatoms. The minimum absolute atomic E-state index is 0.0599. The summed E-state index contributed by atoms with van der Waals surface area (Å²) < 4.78 is 39.2. The average Bonchev–Trinajstić information content (AvgIpc) is 3.16. The Morgan fingerprint density at radius 2 is 1.96 bits per heavy atom. The van der Waals surface area contributed by atoms with Gasteiger partial charge in [-0.05, 0) is 18.1 Å². The molecule has 156 valence electrons. The van der Waals surface area contributed by atoms with Crippen LogP contribution >= 0.6 is 0 Å². The van der Waals surface area contributed by atoms with E-state index in [0.717, 1.165) is 36.9 Å². The highest BCUT2D eigenvalue weighted by atomic mass is 32.2. The van der Waals surface area contributed by atoms with Gasteiger partial charge in [0.05, 0.1) is 18.8 Å². The van der Waals surface area contributed by atoms with Gasteiger partial charge >= 0.3 is 0 Å². The summed E-state index contributed by atoms with van der Waals surface area (Å²) in [7, 11) is -1.70. The van der Waals surface area contributed by atoms with E-state index >= 15 is 0 Å². The number of hydrogen-bond donors (Lipinski definition) is 1.